The first-order valence-electron chi connectivity index (χ1n) is 11.4. The van der Waals surface area contributed by atoms with Crippen LogP contribution in [0.3, 0.4) is 0 Å². The highest BCUT2D eigenvalue weighted by molar-refractivity contribution is 8.00. The van der Waals surface area contributed by atoms with Gasteiger partial charge in [-0.25, -0.2) is 5.43 Å². The van der Waals surface area contributed by atoms with E-state index >= 15 is 0 Å². The molecule has 4 aromatic rings. The molecule has 0 spiro atoms. The van der Waals surface area contributed by atoms with Crippen LogP contribution in [0.2, 0.25) is 10.0 Å². The van der Waals surface area contributed by atoms with Gasteiger partial charge < -0.3 is 15.2 Å². The maximum Gasteiger partial charge on any atom is 0.253 e. The van der Waals surface area contributed by atoms with Crippen molar-refractivity contribution in [3.05, 3.63) is 88.2 Å². The molecule has 0 aliphatic heterocycles. The summed E-state index contributed by atoms with van der Waals surface area (Å²) in [5, 5.41) is 26.7. The number of carbonyl (C=O) groups excluding carboxylic acids is 1. The van der Waals surface area contributed by atoms with E-state index in [1.165, 1.54) is 31.2 Å². The molecule has 1 aromatic heterocycles. The first-order chi connectivity index (χ1) is 18.4. The molecule has 4 rings (SSSR count). The number of phenols is 1. The van der Waals surface area contributed by atoms with Gasteiger partial charge in [0.1, 0.15) is 0 Å². The van der Waals surface area contributed by atoms with Crippen molar-refractivity contribution in [3.8, 4) is 17.2 Å². The van der Waals surface area contributed by atoms with Gasteiger partial charge in [-0.2, -0.15) is 5.10 Å². The second-order valence-electron chi connectivity index (χ2n) is 7.98. The fourth-order valence-corrected chi connectivity index (χ4v) is 4.60. The maximum atomic E-state index is 12.8. The van der Waals surface area contributed by atoms with Gasteiger partial charge in [0.25, 0.3) is 5.91 Å². The second-order valence-corrected chi connectivity index (χ2v) is 10.1. The quantitative estimate of drug-likeness (QED) is 0.130. The Hall–Kier alpha value is -3.73. The van der Waals surface area contributed by atoms with E-state index in [-0.39, 0.29) is 22.4 Å². The van der Waals surface area contributed by atoms with Crippen molar-refractivity contribution in [2.24, 2.45) is 5.10 Å². The molecule has 12 heteroatoms. The van der Waals surface area contributed by atoms with Crippen molar-refractivity contribution >= 4 is 52.8 Å². The number of ether oxygens (including phenoxy) is 1. The number of rotatable bonds is 10. The van der Waals surface area contributed by atoms with Crippen LogP contribution in [0, 0.1) is 0 Å². The topological polar surface area (TPSA) is 114 Å². The normalized spacial score (nSPS) is 11.9. The van der Waals surface area contributed by atoms with Crippen molar-refractivity contribution in [1.29, 1.82) is 0 Å². The van der Waals surface area contributed by atoms with Gasteiger partial charge in [-0.1, -0.05) is 53.2 Å². The van der Waals surface area contributed by atoms with Crippen LogP contribution in [0.15, 0.2) is 77.0 Å². The van der Waals surface area contributed by atoms with E-state index in [1.807, 2.05) is 59.2 Å². The fraction of sp³-hybridized carbons (Fsp3) is 0.154. The molecule has 38 heavy (non-hydrogen) atoms. The molecular weight excluding hydrogens is 547 g/mol. The summed E-state index contributed by atoms with van der Waals surface area (Å²) in [5.41, 5.74) is 4.84. The van der Waals surface area contributed by atoms with Gasteiger partial charge >= 0.3 is 0 Å². The largest absolute Gasteiger partial charge is 0.503 e. The zero-order valence-corrected chi connectivity index (χ0v) is 22.8. The molecule has 0 bridgehead atoms. The lowest BCUT2D eigenvalue weighted by atomic mass is 10.2. The number of halogens is 2. The summed E-state index contributed by atoms with van der Waals surface area (Å²) in [6.45, 7) is 2.17. The summed E-state index contributed by atoms with van der Waals surface area (Å²) in [7, 11) is 1.42. The zero-order valence-electron chi connectivity index (χ0n) is 20.4. The van der Waals surface area contributed by atoms with Gasteiger partial charge in [-0.05, 0) is 61.0 Å². The van der Waals surface area contributed by atoms with Crippen molar-refractivity contribution < 1.29 is 14.6 Å². The lowest BCUT2D eigenvalue weighted by Crippen LogP contribution is -2.27. The molecule has 9 nitrogen and oxygen atoms in total. The molecule has 3 aromatic carbocycles. The minimum Gasteiger partial charge on any atom is -0.503 e. The molecule has 0 radical (unpaired) electrons. The van der Waals surface area contributed by atoms with Gasteiger partial charge in [0.2, 0.25) is 0 Å². The van der Waals surface area contributed by atoms with Gasteiger partial charge in [0.05, 0.1) is 30.1 Å². The van der Waals surface area contributed by atoms with Gasteiger partial charge in [-0.15, -0.1) is 10.2 Å². The Labute approximate surface area is 233 Å². The molecule has 0 saturated carbocycles. The Balaban J connectivity index is 1.46. The lowest BCUT2D eigenvalue weighted by Gasteiger charge is -2.13. The average molecular weight is 571 g/mol. The summed E-state index contributed by atoms with van der Waals surface area (Å²) < 4.78 is 6.99. The maximum absolute atomic E-state index is 12.8. The molecule has 3 N–H and O–H groups in total. The van der Waals surface area contributed by atoms with E-state index in [1.54, 1.807) is 13.0 Å². The number of benzene rings is 3. The minimum absolute atomic E-state index is 0.114. The van der Waals surface area contributed by atoms with Crippen molar-refractivity contribution in [2.75, 3.05) is 12.4 Å². The Morgan fingerprint density at radius 3 is 2.61 bits per heavy atom. The minimum atomic E-state index is -0.533. The zero-order chi connectivity index (χ0) is 27.1. The van der Waals surface area contributed by atoms with Gasteiger partial charge in [0.15, 0.2) is 22.5 Å². The van der Waals surface area contributed by atoms with E-state index in [4.69, 9.17) is 27.9 Å². The number of phenolic OH excluding ortho intramolecular Hbond substituents is 1. The molecule has 0 saturated heterocycles. The summed E-state index contributed by atoms with van der Waals surface area (Å²) in [4.78, 5) is 12.8. The monoisotopic (exact) mass is 570 g/mol. The van der Waals surface area contributed by atoms with Crippen LogP contribution in [0.25, 0.3) is 5.69 Å². The number of amides is 1. The number of hydrogen-bond acceptors (Lipinski definition) is 8. The van der Waals surface area contributed by atoms with Crippen LogP contribution in [-0.2, 0) is 11.3 Å². The van der Waals surface area contributed by atoms with Crippen molar-refractivity contribution in [2.45, 2.75) is 23.9 Å². The molecule has 0 fully saturated rings. The van der Waals surface area contributed by atoms with Crippen LogP contribution in [0.5, 0.6) is 11.5 Å². The number of methoxy groups -OCH3 is 1. The smallest absolute Gasteiger partial charge is 0.253 e. The Bertz CT molecular complexity index is 1430. The van der Waals surface area contributed by atoms with E-state index in [2.05, 4.69) is 26.0 Å². The number of hydrogen-bond donors (Lipinski definition) is 3. The van der Waals surface area contributed by atoms with Gasteiger partial charge in [-0.3, -0.25) is 9.36 Å². The lowest BCUT2D eigenvalue weighted by molar-refractivity contribution is -0.120. The molecule has 1 atom stereocenters. The van der Waals surface area contributed by atoms with Crippen molar-refractivity contribution in [3.63, 3.8) is 0 Å². The standard InChI is InChI=1S/C26H24Cl2N6O3S/c1-16(25(36)32-30-14-17-12-21(28)24(35)22(13-17)37-2)38-26-33-31-23(34(26)20-6-4-3-5-7-20)15-29-19-10-8-18(27)9-11-19/h3-14,16,29,35H,15H2,1-2H3,(H,32,36)/b30-14-/t16-/m0/s1. The van der Waals surface area contributed by atoms with Crippen LogP contribution in [-0.4, -0.2) is 44.4 Å². The number of nitrogens with zero attached hydrogens (tertiary/aromatic N) is 4. The Morgan fingerprint density at radius 2 is 1.89 bits per heavy atom. The number of hydrazone groups is 1. The number of carbonyl (C=O) groups is 1. The number of para-hydroxylation sites is 1. The first-order valence-corrected chi connectivity index (χ1v) is 13.0. The molecule has 1 amide bonds. The number of nitrogens with one attached hydrogen (secondary N) is 2. The van der Waals surface area contributed by atoms with Crippen LogP contribution in [0.4, 0.5) is 5.69 Å². The highest BCUT2D eigenvalue weighted by atomic mass is 35.5. The van der Waals surface area contributed by atoms with E-state index in [0.29, 0.717) is 28.1 Å². The third-order valence-electron chi connectivity index (χ3n) is 5.32. The third kappa shape index (κ3) is 6.77. The van der Waals surface area contributed by atoms with Crippen LogP contribution < -0.4 is 15.5 Å². The van der Waals surface area contributed by atoms with Crippen molar-refractivity contribution in [1.82, 2.24) is 20.2 Å². The number of thioether (sulfide) groups is 1. The second kappa shape index (κ2) is 12.7. The summed E-state index contributed by atoms with van der Waals surface area (Å²) >= 11 is 13.2. The average Bonchev–Trinajstić information content (AvgIpc) is 3.32. The Morgan fingerprint density at radius 1 is 1.16 bits per heavy atom. The number of aromatic nitrogens is 3. The SMILES string of the molecule is COc1cc(/C=N\NC(=O)[C@H](C)Sc2nnc(CNc3ccc(Cl)cc3)n2-c2ccccc2)cc(Cl)c1O. The van der Waals surface area contributed by atoms with E-state index in [9.17, 15) is 9.90 Å². The third-order valence-corrected chi connectivity index (χ3v) is 6.90. The molecule has 196 valence electrons. The molecular formula is C26H24Cl2N6O3S. The molecule has 0 unspecified atom stereocenters. The highest BCUT2D eigenvalue weighted by Gasteiger charge is 2.21. The summed E-state index contributed by atoms with van der Waals surface area (Å²) in [6, 6.07) is 20.1. The predicted molar refractivity (Wildman–Crippen MR) is 151 cm³/mol. The summed E-state index contributed by atoms with van der Waals surface area (Å²) in [5.74, 6) is 0.394. The fourth-order valence-electron chi connectivity index (χ4n) is 3.37. The summed E-state index contributed by atoms with van der Waals surface area (Å²) in [6.07, 6.45) is 1.41. The molecule has 0 aliphatic rings. The van der Waals surface area contributed by atoms with Crippen LogP contribution >= 0.6 is 35.0 Å². The predicted octanol–water partition coefficient (Wildman–Crippen LogP) is 5.53. The van der Waals surface area contributed by atoms with E-state index < -0.39 is 5.25 Å². The van der Waals surface area contributed by atoms with Crippen LogP contribution in [0.1, 0.15) is 18.3 Å². The number of anilines is 1. The Kier molecular flexibility index (Phi) is 9.11. The first kappa shape index (κ1) is 27.3. The van der Waals surface area contributed by atoms with Gasteiger partial charge in [0, 0.05) is 16.4 Å². The highest BCUT2D eigenvalue weighted by Crippen LogP contribution is 2.34. The van der Waals surface area contributed by atoms with E-state index in [0.717, 1.165) is 11.4 Å². The molecule has 0 aliphatic carbocycles. The number of aromatic hydroxyl groups is 1. The molecule has 1 heterocycles.